The number of β-amino-alcohol motifs (C(OH)–C–C–N with tert-alkyl or cyclic N) is 1. The number of piperazine rings is 1. The molecular weight excluding hydrogens is 366 g/mol. The minimum absolute atomic E-state index is 0.00605. The van der Waals surface area contributed by atoms with E-state index in [9.17, 15) is 9.90 Å². The van der Waals surface area contributed by atoms with Gasteiger partial charge in [-0.2, -0.15) is 0 Å². The summed E-state index contributed by atoms with van der Waals surface area (Å²) < 4.78 is 5.76. The number of anilines is 1. The maximum Gasteiger partial charge on any atom is 0.238 e. The number of benzene rings is 2. The Hall–Kier alpha value is -2.41. The van der Waals surface area contributed by atoms with E-state index in [0.717, 1.165) is 48.7 Å². The molecule has 29 heavy (non-hydrogen) atoms. The van der Waals surface area contributed by atoms with Gasteiger partial charge in [0.2, 0.25) is 5.91 Å². The molecule has 0 spiro atoms. The van der Waals surface area contributed by atoms with Gasteiger partial charge in [-0.3, -0.25) is 14.6 Å². The molecule has 0 bridgehead atoms. The van der Waals surface area contributed by atoms with Gasteiger partial charge in [0, 0.05) is 38.4 Å². The molecule has 0 radical (unpaired) electrons. The average molecular weight is 398 g/mol. The summed E-state index contributed by atoms with van der Waals surface area (Å²) in [6.07, 6.45) is -0.538. The van der Waals surface area contributed by atoms with Crippen molar-refractivity contribution >= 4 is 11.6 Å². The number of para-hydroxylation sites is 1. The van der Waals surface area contributed by atoms with Crippen LogP contribution in [0.4, 0.5) is 5.69 Å². The topological polar surface area (TPSA) is 65.0 Å². The molecule has 6 nitrogen and oxygen atoms in total. The summed E-state index contributed by atoms with van der Waals surface area (Å²) in [5, 5.41) is 13.3. The second-order valence-electron chi connectivity index (χ2n) is 7.78. The zero-order valence-electron chi connectivity index (χ0n) is 17.3. The van der Waals surface area contributed by atoms with Crippen molar-refractivity contribution in [1.82, 2.24) is 9.80 Å². The lowest BCUT2D eigenvalue weighted by Gasteiger charge is -2.35. The molecule has 1 atom stereocenters. The molecule has 0 aliphatic carbocycles. The molecule has 1 fully saturated rings. The summed E-state index contributed by atoms with van der Waals surface area (Å²) in [6.45, 7) is 8.61. The van der Waals surface area contributed by atoms with Gasteiger partial charge in [0.1, 0.15) is 18.5 Å². The molecule has 0 saturated carbocycles. The second kappa shape index (κ2) is 10.4. The van der Waals surface area contributed by atoms with Crippen molar-refractivity contribution in [3.8, 4) is 5.75 Å². The first-order valence-corrected chi connectivity index (χ1v) is 10.2. The van der Waals surface area contributed by atoms with Gasteiger partial charge in [0.05, 0.1) is 6.54 Å². The van der Waals surface area contributed by atoms with Gasteiger partial charge < -0.3 is 15.2 Å². The smallest absolute Gasteiger partial charge is 0.238 e. The van der Waals surface area contributed by atoms with Crippen LogP contribution in [0.2, 0.25) is 0 Å². The Labute approximate surface area is 173 Å². The summed E-state index contributed by atoms with van der Waals surface area (Å²) >= 11 is 0. The zero-order valence-corrected chi connectivity index (χ0v) is 17.3. The van der Waals surface area contributed by atoms with Crippen LogP contribution >= 0.6 is 0 Å². The van der Waals surface area contributed by atoms with Crippen LogP contribution in [0.1, 0.15) is 11.1 Å². The summed E-state index contributed by atoms with van der Waals surface area (Å²) in [5.74, 6) is 0.808. The number of carbonyl (C=O) groups excluding carboxylic acids is 1. The van der Waals surface area contributed by atoms with Crippen LogP contribution < -0.4 is 10.1 Å². The number of carbonyl (C=O) groups is 1. The van der Waals surface area contributed by atoms with Gasteiger partial charge in [-0.1, -0.05) is 24.3 Å². The van der Waals surface area contributed by atoms with Crippen molar-refractivity contribution < 1.29 is 14.6 Å². The average Bonchev–Trinajstić information content (AvgIpc) is 2.68. The number of aliphatic hydroxyl groups is 1. The third-order valence-electron chi connectivity index (χ3n) is 5.00. The lowest BCUT2D eigenvalue weighted by Crippen LogP contribution is -2.50. The molecule has 1 aliphatic heterocycles. The maximum absolute atomic E-state index is 12.2. The predicted molar refractivity (Wildman–Crippen MR) is 115 cm³/mol. The monoisotopic (exact) mass is 397 g/mol. The van der Waals surface area contributed by atoms with Crippen molar-refractivity contribution in [2.45, 2.75) is 20.0 Å². The quantitative estimate of drug-likeness (QED) is 0.716. The molecule has 3 rings (SSSR count). The van der Waals surface area contributed by atoms with Crippen LogP contribution in [0.25, 0.3) is 0 Å². The number of rotatable bonds is 8. The molecule has 1 unspecified atom stereocenters. The highest BCUT2D eigenvalue weighted by molar-refractivity contribution is 5.92. The van der Waals surface area contributed by atoms with E-state index in [-0.39, 0.29) is 12.5 Å². The third-order valence-corrected chi connectivity index (χ3v) is 5.00. The van der Waals surface area contributed by atoms with Gasteiger partial charge in [-0.15, -0.1) is 0 Å². The Balaban J connectivity index is 1.35. The summed E-state index contributed by atoms with van der Waals surface area (Å²) in [6, 6.07) is 15.6. The molecular formula is C23H31N3O3. The minimum Gasteiger partial charge on any atom is -0.491 e. The number of aryl methyl sites for hydroxylation is 2. The van der Waals surface area contributed by atoms with Crippen LogP contribution in [0.5, 0.6) is 5.75 Å². The fourth-order valence-corrected chi connectivity index (χ4v) is 3.61. The Bertz CT molecular complexity index is 769. The molecule has 2 N–H and O–H groups in total. The number of amides is 1. The van der Waals surface area contributed by atoms with Gasteiger partial charge >= 0.3 is 0 Å². The molecule has 1 aliphatic rings. The number of aliphatic hydroxyl groups excluding tert-OH is 1. The van der Waals surface area contributed by atoms with E-state index in [1.807, 2.05) is 56.3 Å². The molecule has 156 valence electrons. The number of nitrogens with zero attached hydrogens (tertiary/aromatic N) is 2. The van der Waals surface area contributed by atoms with Crippen molar-refractivity contribution in [3.05, 3.63) is 59.7 Å². The highest BCUT2D eigenvalue weighted by Crippen LogP contribution is 2.16. The lowest BCUT2D eigenvalue weighted by atomic mass is 10.1. The van der Waals surface area contributed by atoms with Crippen LogP contribution in [-0.4, -0.2) is 72.8 Å². The largest absolute Gasteiger partial charge is 0.491 e. The normalized spacial score (nSPS) is 16.4. The Morgan fingerprint density at radius 3 is 2.31 bits per heavy atom. The minimum atomic E-state index is -0.538. The van der Waals surface area contributed by atoms with Gasteiger partial charge in [0.25, 0.3) is 0 Å². The molecule has 0 aromatic heterocycles. The van der Waals surface area contributed by atoms with Crippen molar-refractivity contribution in [2.24, 2.45) is 0 Å². The lowest BCUT2D eigenvalue weighted by molar-refractivity contribution is -0.117. The molecule has 1 saturated heterocycles. The third kappa shape index (κ3) is 7.16. The van der Waals surface area contributed by atoms with Crippen LogP contribution in [0, 0.1) is 13.8 Å². The van der Waals surface area contributed by atoms with E-state index >= 15 is 0 Å². The zero-order chi connectivity index (χ0) is 20.6. The van der Waals surface area contributed by atoms with Crippen molar-refractivity contribution in [1.29, 1.82) is 0 Å². The number of hydrogen-bond donors (Lipinski definition) is 2. The molecule has 2 aromatic carbocycles. The van der Waals surface area contributed by atoms with Crippen LogP contribution in [0.3, 0.4) is 0 Å². The highest BCUT2D eigenvalue weighted by atomic mass is 16.5. The first-order chi connectivity index (χ1) is 14.0. The maximum atomic E-state index is 12.2. The number of ether oxygens (including phenoxy) is 1. The van der Waals surface area contributed by atoms with E-state index in [2.05, 4.69) is 21.2 Å². The summed E-state index contributed by atoms with van der Waals surface area (Å²) in [5.41, 5.74) is 3.13. The molecule has 2 aromatic rings. The van der Waals surface area contributed by atoms with Gasteiger partial charge in [-0.25, -0.2) is 0 Å². The van der Waals surface area contributed by atoms with E-state index in [1.165, 1.54) is 0 Å². The number of nitrogens with one attached hydrogen (secondary N) is 1. The van der Waals surface area contributed by atoms with E-state index in [4.69, 9.17) is 4.74 Å². The van der Waals surface area contributed by atoms with Crippen LogP contribution in [-0.2, 0) is 4.79 Å². The highest BCUT2D eigenvalue weighted by Gasteiger charge is 2.21. The van der Waals surface area contributed by atoms with Crippen molar-refractivity contribution in [2.75, 3.05) is 51.2 Å². The standard InChI is InChI=1S/C23H31N3O3/c1-18-12-19(2)14-22(13-18)29-17-21(27)15-25-8-10-26(11-9-25)16-23(28)24-20-6-4-3-5-7-20/h3-7,12-14,21,27H,8-11,15-17H2,1-2H3,(H,24,28). The van der Waals surface area contributed by atoms with E-state index in [1.54, 1.807) is 0 Å². The number of hydrogen-bond acceptors (Lipinski definition) is 5. The summed E-state index contributed by atoms with van der Waals surface area (Å²) in [7, 11) is 0. The van der Waals surface area contributed by atoms with Gasteiger partial charge in [-0.05, 0) is 49.2 Å². The van der Waals surface area contributed by atoms with E-state index < -0.39 is 6.10 Å². The Kier molecular flexibility index (Phi) is 7.63. The van der Waals surface area contributed by atoms with Gasteiger partial charge in [0.15, 0.2) is 0 Å². The predicted octanol–water partition coefficient (Wildman–Crippen LogP) is 2.30. The van der Waals surface area contributed by atoms with Crippen LogP contribution in [0.15, 0.2) is 48.5 Å². The van der Waals surface area contributed by atoms with Crippen molar-refractivity contribution in [3.63, 3.8) is 0 Å². The molecule has 6 heteroatoms. The second-order valence-corrected chi connectivity index (χ2v) is 7.78. The molecule has 1 heterocycles. The Morgan fingerprint density at radius 1 is 1.03 bits per heavy atom. The Morgan fingerprint density at radius 2 is 1.66 bits per heavy atom. The SMILES string of the molecule is Cc1cc(C)cc(OCC(O)CN2CCN(CC(=O)Nc3ccccc3)CC2)c1. The summed E-state index contributed by atoms with van der Waals surface area (Å²) in [4.78, 5) is 16.6. The first kappa shape index (κ1) is 21.3. The fourth-order valence-electron chi connectivity index (χ4n) is 3.61. The first-order valence-electron chi connectivity index (χ1n) is 10.2. The fraction of sp³-hybridized carbons (Fsp3) is 0.435. The van der Waals surface area contributed by atoms with E-state index in [0.29, 0.717) is 13.1 Å². The molecule has 1 amide bonds.